The van der Waals surface area contributed by atoms with Crippen molar-refractivity contribution in [1.82, 2.24) is 10.6 Å². The molecule has 1 aliphatic heterocycles. The van der Waals surface area contributed by atoms with E-state index in [4.69, 9.17) is 9.47 Å². The molecule has 100 valence electrons. The van der Waals surface area contributed by atoms with Crippen LogP contribution in [0.5, 0.6) is 0 Å². The van der Waals surface area contributed by atoms with Crippen LogP contribution >= 0.6 is 0 Å². The number of carbonyl (C=O) groups excluding carboxylic acids is 1. The SMILES string of the molecule is COCCNCC(=O)NCCC1CCCCO1. The Kier molecular flexibility index (Phi) is 7.96. The lowest BCUT2D eigenvalue weighted by Gasteiger charge is -2.22. The zero-order chi connectivity index (χ0) is 12.3. The molecule has 0 aromatic heterocycles. The van der Waals surface area contributed by atoms with Crippen LogP contribution in [-0.2, 0) is 14.3 Å². The van der Waals surface area contributed by atoms with E-state index in [1.165, 1.54) is 12.8 Å². The number of carbonyl (C=O) groups is 1. The van der Waals surface area contributed by atoms with Crippen LogP contribution in [0.3, 0.4) is 0 Å². The molecule has 1 amide bonds. The molecule has 0 spiro atoms. The minimum atomic E-state index is 0.0388. The van der Waals surface area contributed by atoms with Gasteiger partial charge in [-0.3, -0.25) is 4.79 Å². The molecule has 5 nitrogen and oxygen atoms in total. The van der Waals surface area contributed by atoms with Gasteiger partial charge in [-0.25, -0.2) is 0 Å². The van der Waals surface area contributed by atoms with Crippen molar-refractivity contribution in [3.63, 3.8) is 0 Å². The summed E-state index contributed by atoms with van der Waals surface area (Å²) in [6.45, 7) is 3.26. The Labute approximate surface area is 103 Å². The molecule has 1 fully saturated rings. The van der Waals surface area contributed by atoms with E-state index in [9.17, 15) is 4.79 Å². The predicted octanol–water partition coefficient (Wildman–Crippen LogP) is 0.298. The fraction of sp³-hybridized carbons (Fsp3) is 0.917. The van der Waals surface area contributed by atoms with E-state index in [2.05, 4.69) is 10.6 Å². The fourth-order valence-corrected chi connectivity index (χ4v) is 1.85. The molecule has 17 heavy (non-hydrogen) atoms. The van der Waals surface area contributed by atoms with Gasteiger partial charge >= 0.3 is 0 Å². The lowest BCUT2D eigenvalue weighted by molar-refractivity contribution is -0.120. The Morgan fingerprint density at radius 3 is 3.00 bits per heavy atom. The molecule has 1 unspecified atom stereocenters. The summed E-state index contributed by atoms with van der Waals surface area (Å²) in [7, 11) is 1.64. The molecule has 1 rings (SSSR count). The van der Waals surface area contributed by atoms with Crippen LogP contribution in [0.15, 0.2) is 0 Å². The van der Waals surface area contributed by atoms with E-state index in [1.807, 2.05) is 0 Å². The van der Waals surface area contributed by atoms with E-state index in [1.54, 1.807) is 7.11 Å². The first-order chi connectivity index (χ1) is 8.33. The maximum Gasteiger partial charge on any atom is 0.233 e. The molecule has 0 aromatic carbocycles. The molecular formula is C12H24N2O3. The molecule has 1 saturated heterocycles. The van der Waals surface area contributed by atoms with Gasteiger partial charge in [-0.2, -0.15) is 0 Å². The largest absolute Gasteiger partial charge is 0.383 e. The van der Waals surface area contributed by atoms with Gasteiger partial charge in [-0.15, -0.1) is 0 Å². The molecule has 1 heterocycles. The zero-order valence-corrected chi connectivity index (χ0v) is 10.7. The van der Waals surface area contributed by atoms with Crippen molar-refractivity contribution in [3.8, 4) is 0 Å². The van der Waals surface area contributed by atoms with Crippen molar-refractivity contribution in [1.29, 1.82) is 0 Å². The lowest BCUT2D eigenvalue weighted by atomic mass is 10.1. The van der Waals surface area contributed by atoms with E-state index < -0.39 is 0 Å². The van der Waals surface area contributed by atoms with Gasteiger partial charge in [0.2, 0.25) is 5.91 Å². The molecule has 0 radical (unpaired) electrons. The highest BCUT2D eigenvalue weighted by atomic mass is 16.5. The van der Waals surface area contributed by atoms with E-state index in [-0.39, 0.29) is 5.91 Å². The smallest absolute Gasteiger partial charge is 0.233 e. The van der Waals surface area contributed by atoms with Crippen molar-refractivity contribution in [2.75, 3.05) is 40.0 Å². The number of amides is 1. The van der Waals surface area contributed by atoms with Crippen molar-refractivity contribution in [2.45, 2.75) is 31.8 Å². The third kappa shape index (κ3) is 7.31. The summed E-state index contributed by atoms with van der Waals surface area (Å²) in [5.41, 5.74) is 0. The molecule has 0 aliphatic carbocycles. The monoisotopic (exact) mass is 244 g/mol. The molecule has 5 heteroatoms. The van der Waals surface area contributed by atoms with Gasteiger partial charge in [0.1, 0.15) is 0 Å². The van der Waals surface area contributed by atoms with Crippen molar-refractivity contribution >= 4 is 5.91 Å². The van der Waals surface area contributed by atoms with Crippen molar-refractivity contribution < 1.29 is 14.3 Å². The molecule has 0 aromatic rings. The Morgan fingerprint density at radius 1 is 1.41 bits per heavy atom. The summed E-state index contributed by atoms with van der Waals surface area (Å²) in [4.78, 5) is 11.4. The highest BCUT2D eigenvalue weighted by molar-refractivity contribution is 5.77. The predicted molar refractivity (Wildman–Crippen MR) is 66.0 cm³/mol. The Morgan fingerprint density at radius 2 is 2.29 bits per heavy atom. The highest BCUT2D eigenvalue weighted by Crippen LogP contribution is 2.14. The average molecular weight is 244 g/mol. The van der Waals surface area contributed by atoms with Gasteiger partial charge in [0, 0.05) is 26.8 Å². The number of ether oxygens (including phenoxy) is 2. The van der Waals surface area contributed by atoms with Gasteiger partial charge in [0.25, 0.3) is 0 Å². The number of hydrogen-bond acceptors (Lipinski definition) is 4. The van der Waals surface area contributed by atoms with E-state index in [0.717, 1.165) is 19.4 Å². The minimum absolute atomic E-state index is 0.0388. The first kappa shape index (κ1) is 14.4. The Hall–Kier alpha value is -0.650. The minimum Gasteiger partial charge on any atom is -0.383 e. The average Bonchev–Trinajstić information content (AvgIpc) is 2.36. The van der Waals surface area contributed by atoms with Crippen LogP contribution in [0.25, 0.3) is 0 Å². The summed E-state index contributed by atoms with van der Waals surface area (Å²) in [5, 5.41) is 5.89. The highest BCUT2D eigenvalue weighted by Gasteiger charge is 2.13. The second-order valence-corrected chi connectivity index (χ2v) is 4.30. The summed E-state index contributed by atoms with van der Waals surface area (Å²) < 4.78 is 10.5. The molecule has 1 aliphatic rings. The number of methoxy groups -OCH3 is 1. The fourth-order valence-electron chi connectivity index (χ4n) is 1.85. The van der Waals surface area contributed by atoms with Crippen LogP contribution in [0.1, 0.15) is 25.7 Å². The summed E-state index contributed by atoms with van der Waals surface area (Å²) in [6.07, 6.45) is 4.81. The first-order valence-electron chi connectivity index (χ1n) is 6.41. The Bertz CT molecular complexity index is 206. The van der Waals surface area contributed by atoms with E-state index >= 15 is 0 Å². The summed E-state index contributed by atoms with van der Waals surface area (Å²) >= 11 is 0. The molecule has 1 atom stereocenters. The third-order valence-electron chi connectivity index (χ3n) is 2.83. The maximum atomic E-state index is 11.4. The summed E-state index contributed by atoms with van der Waals surface area (Å²) in [6, 6.07) is 0. The second-order valence-electron chi connectivity index (χ2n) is 4.30. The molecular weight excluding hydrogens is 220 g/mol. The van der Waals surface area contributed by atoms with Gasteiger partial charge in [0.05, 0.1) is 19.3 Å². The van der Waals surface area contributed by atoms with Gasteiger partial charge in [-0.05, 0) is 25.7 Å². The lowest BCUT2D eigenvalue weighted by Crippen LogP contribution is -2.37. The quantitative estimate of drug-likeness (QED) is 0.603. The summed E-state index contributed by atoms with van der Waals surface area (Å²) in [5.74, 6) is 0.0388. The molecule has 0 bridgehead atoms. The maximum absolute atomic E-state index is 11.4. The number of rotatable bonds is 8. The zero-order valence-electron chi connectivity index (χ0n) is 10.7. The molecule has 0 saturated carbocycles. The van der Waals surface area contributed by atoms with Crippen LogP contribution in [0.2, 0.25) is 0 Å². The number of hydrogen-bond donors (Lipinski definition) is 2. The third-order valence-corrected chi connectivity index (χ3v) is 2.83. The van der Waals surface area contributed by atoms with Crippen molar-refractivity contribution in [2.24, 2.45) is 0 Å². The van der Waals surface area contributed by atoms with Gasteiger partial charge in [-0.1, -0.05) is 0 Å². The standard InChI is InChI=1S/C12H24N2O3/c1-16-9-7-13-10-12(15)14-6-5-11-4-2-3-8-17-11/h11,13H,2-10H2,1H3,(H,14,15). The number of nitrogens with one attached hydrogen (secondary N) is 2. The van der Waals surface area contributed by atoms with Gasteiger partial charge < -0.3 is 20.1 Å². The van der Waals surface area contributed by atoms with Gasteiger partial charge in [0.15, 0.2) is 0 Å². The van der Waals surface area contributed by atoms with Crippen LogP contribution < -0.4 is 10.6 Å². The first-order valence-corrected chi connectivity index (χ1v) is 6.41. The molecule has 2 N–H and O–H groups in total. The van der Waals surface area contributed by atoms with Crippen LogP contribution in [-0.4, -0.2) is 52.0 Å². The van der Waals surface area contributed by atoms with Crippen molar-refractivity contribution in [3.05, 3.63) is 0 Å². The normalized spacial score (nSPS) is 20.2. The Balaban J connectivity index is 1.92. The topological polar surface area (TPSA) is 59.6 Å². The van der Waals surface area contributed by atoms with Crippen LogP contribution in [0, 0.1) is 0 Å². The van der Waals surface area contributed by atoms with E-state index in [0.29, 0.717) is 32.3 Å². The van der Waals surface area contributed by atoms with Crippen LogP contribution in [0.4, 0.5) is 0 Å². The second kappa shape index (κ2) is 9.39.